The number of benzene rings is 1. The molecule has 0 aliphatic rings. The Labute approximate surface area is 158 Å². The third kappa shape index (κ3) is 5.29. The van der Waals surface area contributed by atoms with Crippen LogP contribution in [0.15, 0.2) is 36.5 Å². The fourth-order valence-corrected chi connectivity index (χ4v) is 3.06. The first kappa shape index (κ1) is 20.4. The summed E-state index contributed by atoms with van der Waals surface area (Å²) in [5, 5.41) is 0. The van der Waals surface area contributed by atoms with E-state index in [-0.39, 0.29) is 6.17 Å². The zero-order valence-corrected chi connectivity index (χ0v) is 16.7. The van der Waals surface area contributed by atoms with E-state index in [1.807, 2.05) is 37.3 Å². The molecule has 1 aromatic carbocycles. The van der Waals surface area contributed by atoms with E-state index in [0.717, 1.165) is 37.1 Å². The van der Waals surface area contributed by atoms with Crippen molar-refractivity contribution in [2.24, 2.45) is 5.73 Å². The summed E-state index contributed by atoms with van der Waals surface area (Å²) in [6.07, 6.45) is 7.22. The van der Waals surface area contributed by atoms with Crippen molar-refractivity contribution >= 4 is 0 Å². The van der Waals surface area contributed by atoms with Crippen LogP contribution in [0.4, 0.5) is 0 Å². The van der Waals surface area contributed by atoms with Gasteiger partial charge >= 0.3 is 0 Å². The molecule has 1 aromatic heterocycles. The Hall–Kier alpha value is -1.91. The van der Waals surface area contributed by atoms with Crippen molar-refractivity contribution in [1.82, 2.24) is 9.88 Å². The Morgan fingerprint density at radius 3 is 2.46 bits per heavy atom. The maximum absolute atomic E-state index is 6.14. The lowest BCUT2D eigenvalue weighted by atomic mass is 9.91. The zero-order valence-electron chi connectivity index (χ0n) is 16.7. The first-order valence-corrected chi connectivity index (χ1v) is 9.69. The highest BCUT2D eigenvalue weighted by molar-refractivity contribution is 5.67. The summed E-state index contributed by atoms with van der Waals surface area (Å²) in [7, 11) is 3.94. The van der Waals surface area contributed by atoms with Gasteiger partial charge in [-0.25, -0.2) is 0 Å². The molecule has 2 aromatic rings. The second-order valence-electron chi connectivity index (χ2n) is 6.98. The van der Waals surface area contributed by atoms with E-state index in [4.69, 9.17) is 10.5 Å². The number of rotatable bonds is 10. The number of pyridine rings is 1. The average molecular weight is 356 g/mol. The molecular formula is C22H33N3O. The number of hydrogen-bond donors (Lipinski definition) is 1. The van der Waals surface area contributed by atoms with E-state index >= 15 is 0 Å². The van der Waals surface area contributed by atoms with Crippen LogP contribution in [-0.2, 0) is 12.8 Å². The number of nitrogens with two attached hydrogens (primary N) is 1. The molecule has 0 bridgehead atoms. The van der Waals surface area contributed by atoms with Gasteiger partial charge in [0.25, 0.3) is 0 Å². The van der Waals surface area contributed by atoms with Gasteiger partial charge in [0.1, 0.15) is 12.4 Å². The van der Waals surface area contributed by atoms with E-state index < -0.39 is 0 Å². The van der Waals surface area contributed by atoms with Crippen LogP contribution >= 0.6 is 0 Å². The Morgan fingerprint density at radius 1 is 1.04 bits per heavy atom. The summed E-state index contributed by atoms with van der Waals surface area (Å²) in [5.41, 5.74) is 11.1. The van der Waals surface area contributed by atoms with Crippen molar-refractivity contribution < 1.29 is 4.74 Å². The van der Waals surface area contributed by atoms with Crippen LogP contribution in [0.2, 0.25) is 0 Å². The number of unbranched alkanes of at least 4 members (excludes halogenated alkanes) is 1. The monoisotopic (exact) mass is 355 g/mol. The lowest BCUT2D eigenvalue weighted by Gasteiger charge is -2.23. The summed E-state index contributed by atoms with van der Waals surface area (Å²) < 4.78 is 6.14. The van der Waals surface area contributed by atoms with Gasteiger partial charge in [0.15, 0.2) is 0 Å². The van der Waals surface area contributed by atoms with Crippen molar-refractivity contribution in [1.29, 1.82) is 0 Å². The van der Waals surface area contributed by atoms with Crippen LogP contribution in [0.25, 0.3) is 11.3 Å². The van der Waals surface area contributed by atoms with Gasteiger partial charge < -0.3 is 10.5 Å². The van der Waals surface area contributed by atoms with Crippen molar-refractivity contribution in [3.8, 4) is 17.0 Å². The maximum atomic E-state index is 6.14. The van der Waals surface area contributed by atoms with Crippen LogP contribution in [0.5, 0.6) is 5.75 Å². The van der Waals surface area contributed by atoms with E-state index in [9.17, 15) is 0 Å². The smallest absolute Gasteiger partial charge is 0.122 e. The lowest BCUT2D eigenvalue weighted by Crippen LogP contribution is -2.41. The highest BCUT2D eigenvalue weighted by atomic mass is 16.5. The van der Waals surface area contributed by atoms with E-state index in [1.54, 1.807) is 0 Å². The zero-order chi connectivity index (χ0) is 18.9. The normalized spacial score (nSPS) is 12.4. The van der Waals surface area contributed by atoms with Crippen molar-refractivity contribution in [2.45, 2.75) is 52.1 Å². The van der Waals surface area contributed by atoms with Crippen LogP contribution in [0, 0.1) is 0 Å². The van der Waals surface area contributed by atoms with E-state index in [1.165, 1.54) is 23.1 Å². The van der Waals surface area contributed by atoms with Gasteiger partial charge in [0.2, 0.25) is 0 Å². The Balaban J connectivity index is 2.43. The minimum absolute atomic E-state index is 0.112. The fraction of sp³-hybridized carbons (Fsp3) is 0.500. The number of hydrogen-bond acceptors (Lipinski definition) is 4. The highest BCUT2D eigenvalue weighted by Crippen LogP contribution is 2.33. The molecule has 0 aliphatic heterocycles. The van der Waals surface area contributed by atoms with Gasteiger partial charge in [-0.15, -0.1) is 0 Å². The summed E-state index contributed by atoms with van der Waals surface area (Å²) in [4.78, 5) is 6.55. The topological polar surface area (TPSA) is 51.4 Å². The second-order valence-corrected chi connectivity index (χ2v) is 6.98. The minimum atomic E-state index is -0.112. The number of likely N-dealkylation sites (N-methyl/N-ethyl adjacent to an activating group) is 1. The fourth-order valence-electron chi connectivity index (χ4n) is 3.06. The lowest BCUT2D eigenvalue weighted by molar-refractivity contribution is 0.188. The Kier molecular flexibility index (Phi) is 8.07. The standard InChI is InChI=1S/C22H33N3O/c1-5-7-11-17-18(20-12-8-9-15-24-20)13-14-21(19(17)10-6-2)26-16-22(23)25(3)4/h8-9,12-15,22H,5-7,10-11,16,23H2,1-4H3. The molecule has 2 rings (SSSR count). The first-order valence-electron chi connectivity index (χ1n) is 9.69. The molecule has 0 amide bonds. The van der Waals surface area contributed by atoms with Crippen molar-refractivity contribution in [3.05, 3.63) is 47.7 Å². The van der Waals surface area contributed by atoms with Crippen LogP contribution in [0.3, 0.4) is 0 Å². The third-order valence-electron chi connectivity index (χ3n) is 4.68. The molecular weight excluding hydrogens is 322 g/mol. The highest BCUT2D eigenvalue weighted by Gasteiger charge is 2.16. The molecule has 4 nitrogen and oxygen atoms in total. The Bertz CT molecular complexity index is 671. The molecule has 2 N–H and O–H groups in total. The molecule has 1 atom stereocenters. The molecule has 142 valence electrons. The molecule has 1 unspecified atom stereocenters. The van der Waals surface area contributed by atoms with Crippen LogP contribution < -0.4 is 10.5 Å². The van der Waals surface area contributed by atoms with Crippen LogP contribution in [0.1, 0.15) is 44.2 Å². The SMILES string of the molecule is CCCCc1c(-c2ccccn2)ccc(OCC(N)N(C)C)c1CCC. The number of aromatic nitrogens is 1. The van der Waals surface area contributed by atoms with Gasteiger partial charge in [-0.2, -0.15) is 0 Å². The van der Waals surface area contributed by atoms with Gasteiger partial charge in [0, 0.05) is 11.8 Å². The molecule has 26 heavy (non-hydrogen) atoms. The average Bonchev–Trinajstić information content (AvgIpc) is 2.66. The Morgan fingerprint density at radius 2 is 1.85 bits per heavy atom. The van der Waals surface area contributed by atoms with Gasteiger partial charge in [-0.1, -0.05) is 32.8 Å². The van der Waals surface area contributed by atoms with E-state index in [0.29, 0.717) is 6.61 Å². The molecule has 4 heteroatoms. The minimum Gasteiger partial charge on any atom is -0.490 e. The molecule has 1 heterocycles. The summed E-state index contributed by atoms with van der Waals surface area (Å²) >= 11 is 0. The molecule has 0 spiro atoms. The summed E-state index contributed by atoms with van der Waals surface area (Å²) in [6.45, 7) is 4.93. The van der Waals surface area contributed by atoms with Crippen molar-refractivity contribution in [2.75, 3.05) is 20.7 Å². The quantitative estimate of drug-likeness (QED) is 0.647. The number of nitrogens with zero attached hydrogens (tertiary/aromatic N) is 2. The second kappa shape index (κ2) is 10.3. The van der Waals surface area contributed by atoms with Crippen molar-refractivity contribution in [3.63, 3.8) is 0 Å². The summed E-state index contributed by atoms with van der Waals surface area (Å²) in [6, 6.07) is 10.3. The number of ether oxygens (including phenoxy) is 1. The molecule has 0 saturated carbocycles. The first-order chi connectivity index (χ1) is 12.6. The molecule has 0 radical (unpaired) electrons. The molecule has 0 fully saturated rings. The predicted molar refractivity (Wildman–Crippen MR) is 109 cm³/mol. The van der Waals surface area contributed by atoms with Crippen LogP contribution in [-0.4, -0.2) is 36.8 Å². The maximum Gasteiger partial charge on any atom is 0.122 e. The predicted octanol–water partition coefficient (Wildman–Crippen LogP) is 4.27. The van der Waals surface area contributed by atoms with Gasteiger partial charge in [-0.3, -0.25) is 9.88 Å². The third-order valence-corrected chi connectivity index (χ3v) is 4.68. The molecule has 0 aliphatic carbocycles. The summed E-state index contributed by atoms with van der Waals surface area (Å²) in [5.74, 6) is 0.968. The largest absolute Gasteiger partial charge is 0.490 e. The van der Waals surface area contributed by atoms with E-state index in [2.05, 4.69) is 37.0 Å². The molecule has 0 saturated heterocycles. The van der Waals surface area contributed by atoms with Gasteiger partial charge in [-0.05, 0) is 68.8 Å². The van der Waals surface area contributed by atoms with Gasteiger partial charge in [0.05, 0.1) is 11.9 Å².